The third-order valence-electron chi connectivity index (χ3n) is 3.49. The van der Waals surface area contributed by atoms with Crippen LogP contribution < -0.4 is 0 Å². The van der Waals surface area contributed by atoms with Gasteiger partial charge in [0.2, 0.25) is 0 Å². The highest BCUT2D eigenvalue weighted by atomic mass is 31.2. The Morgan fingerprint density at radius 1 is 0.778 bits per heavy atom. The zero-order valence-electron chi connectivity index (χ0n) is 12.1. The second-order valence-electron chi connectivity index (χ2n) is 5.30. The van der Waals surface area contributed by atoms with Crippen LogP contribution >= 0.6 is 7.60 Å². The summed E-state index contributed by atoms with van der Waals surface area (Å²) in [5, 5.41) is 0. The van der Waals surface area contributed by atoms with Crippen LogP contribution in [0.2, 0.25) is 0 Å². The van der Waals surface area contributed by atoms with Gasteiger partial charge in [-0.3, -0.25) is 4.57 Å². The molecule has 0 aromatic rings. The Morgan fingerprint density at radius 2 is 1.28 bits per heavy atom. The normalized spacial score (nSPS) is 13.8. The summed E-state index contributed by atoms with van der Waals surface area (Å²) in [5.74, 6) is 0. The molecule has 0 saturated heterocycles. The first-order valence-corrected chi connectivity index (χ1v) is 9.25. The van der Waals surface area contributed by atoms with Crippen LogP contribution in [0.5, 0.6) is 0 Å². The molecule has 0 radical (unpaired) electrons. The Hall–Kier alpha value is 0.150. The third kappa shape index (κ3) is 10.1. The van der Waals surface area contributed by atoms with E-state index < -0.39 is 13.3 Å². The van der Waals surface area contributed by atoms with Crippen molar-refractivity contribution in [3.8, 4) is 0 Å². The minimum Gasteiger partial charge on any atom is -0.324 e. The van der Waals surface area contributed by atoms with Gasteiger partial charge < -0.3 is 9.79 Å². The number of unbranched alkanes of at least 4 members (excludes halogenated alkanes) is 7. The molecule has 1 unspecified atom stereocenters. The summed E-state index contributed by atoms with van der Waals surface area (Å²) >= 11 is 0. The molecule has 0 aliphatic heterocycles. The molecule has 0 aromatic heterocycles. The van der Waals surface area contributed by atoms with Gasteiger partial charge in [-0.25, -0.2) is 0 Å². The van der Waals surface area contributed by atoms with Crippen LogP contribution in [0.25, 0.3) is 0 Å². The molecular formula is C14H31O3P. The van der Waals surface area contributed by atoms with Crippen molar-refractivity contribution in [2.45, 2.75) is 90.1 Å². The first-order valence-electron chi connectivity index (χ1n) is 7.57. The van der Waals surface area contributed by atoms with Crippen molar-refractivity contribution in [2.24, 2.45) is 0 Å². The molecule has 0 aliphatic rings. The highest BCUT2D eigenvalue weighted by Gasteiger charge is 2.26. The molecule has 0 spiro atoms. The maximum absolute atomic E-state index is 11.3. The van der Waals surface area contributed by atoms with Gasteiger partial charge in [-0.15, -0.1) is 0 Å². The number of hydrogen-bond donors (Lipinski definition) is 2. The maximum Gasteiger partial charge on any atom is 0.328 e. The summed E-state index contributed by atoms with van der Waals surface area (Å²) in [5.41, 5.74) is -0.400. The molecule has 0 rings (SSSR count). The van der Waals surface area contributed by atoms with E-state index >= 15 is 0 Å². The first kappa shape index (κ1) is 18.1. The van der Waals surface area contributed by atoms with Gasteiger partial charge in [0.25, 0.3) is 0 Å². The van der Waals surface area contributed by atoms with Crippen molar-refractivity contribution >= 4 is 7.60 Å². The van der Waals surface area contributed by atoms with Crippen molar-refractivity contribution < 1.29 is 14.4 Å². The van der Waals surface area contributed by atoms with E-state index in [1.807, 2.05) is 6.92 Å². The molecular weight excluding hydrogens is 247 g/mol. The molecule has 0 saturated carbocycles. The van der Waals surface area contributed by atoms with E-state index in [9.17, 15) is 14.4 Å². The lowest BCUT2D eigenvalue weighted by Crippen LogP contribution is -2.08. The molecule has 0 aromatic carbocycles. The van der Waals surface area contributed by atoms with Gasteiger partial charge in [0.1, 0.15) is 0 Å². The Morgan fingerprint density at radius 3 is 1.72 bits per heavy atom. The van der Waals surface area contributed by atoms with Crippen LogP contribution in [0.15, 0.2) is 0 Å². The predicted molar refractivity (Wildman–Crippen MR) is 78.0 cm³/mol. The monoisotopic (exact) mass is 278 g/mol. The van der Waals surface area contributed by atoms with E-state index in [2.05, 4.69) is 6.92 Å². The largest absolute Gasteiger partial charge is 0.328 e. The molecule has 1 atom stereocenters. The fraction of sp³-hybridized carbons (Fsp3) is 1.00. The Labute approximate surface area is 113 Å². The van der Waals surface area contributed by atoms with E-state index in [0.29, 0.717) is 12.8 Å². The Kier molecular flexibility index (Phi) is 11.1. The summed E-state index contributed by atoms with van der Waals surface area (Å²) in [4.78, 5) is 18.4. The van der Waals surface area contributed by atoms with Gasteiger partial charge in [0, 0.05) is 0 Å². The highest BCUT2D eigenvalue weighted by Crippen LogP contribution is 2.45. The molecule has 0 bridgehead atoms. The van der Waals surface area contributed by atoms with Crippen LogP contribution in [0.1, 0.15) is 84.5 Å². The zero-order chi connectivity index (χ0) is 13.9. The second kappa shape index (κ2) is 11.0. The van der Waals surface area contributed by atoms with Crippen molar-refractivity contribution in [1.29, 1.82) is 0 Å². The minimum absolute atomic E-state index is 0.400. The van der Waals surface area contributed by atoms with Crippen molar-refractivity contribution in [3.05, 3.63) is 0 Å². The molecule has 110 valence electrons. The highest BCUT2D eigenvalue weighted by molar-refractivity contribution is 7.52. The molecule has 18 heavy (non-hydrogen) atoms. The van der Waals surface area contributed by atoms with E-state index in [0.717, 1.165) is 19.3 Å². The van der Waals surface area contributed by atoms with E-state index in [4.69, 9.17) is 0 Å². The SMILES string of the molecule is CCCCCCCCCCC(CCC)P(=O)(O)O. The van der Waals surface area contributed by atoms with Gasteiger partial charge >= 0.3 is 7.60 Å². The minimum atomic E-state index is -3.86. The first-order chi connectivity index (χ1) is 8.52. The number of hydrogen-bond acceptors (Lipinski definition) is 1. The van der Waals surface area contributed by atoms with Crippen molar-refractivity contribution in [3.63, 3.8) is 0 Å². The van der Waals surface area contributed by atoms with Crippen LogP contribution in [-0.2, 0) is 4.57 Å². The summed E-state index contributed by atoms with van der Waals surface area (Å²) in [6.45, 7) is 4.20. The molecule has 4 heteroatoms. The lowest BCUT2D eigenvalue weighted by molar-refractivity contribution is 0.347. The molecule has 2 N–H and O–H groups in total. The smallest absolute Gasteiger partial charge is 0.324 e. The topological polar surface area (TPSA) is 57.5 Å². The van der Waals surface area contributed by atoms with Crippen LogP contribution in [0.3, 0.4) is 0 Å². The Bertz CT molecular complexity index is 225. The Balaban J connectivity index is 3.53. The van der Waals surface area contributed by atoms with Gasteiger partial charge in [-0.05, 0) is 12.8 Å². The van der Waals surface area contributed by atoms with E-state index in [1.54, 1.807) is 0 Å². The molecule has 0 amide bonds. The summed E-state index contributed by atoms with van der Waals surface area (Å²) in [6.07, 6.45) is 12.0. The summed E-state index contributed by atoms with van der Waals surface area (Å²) in [6, 6.07) is 0. The zero-order valence-corrected chi connectivity index (χ0v) is 13.0. The molecule has 0 aliphatic carbocycles. The standard InChI is InChI=1S/C14H31O3P/c1-3-5-6-7-8-9-10-11-13-14(12-4-2)18(15,16)17/h14H,3-13H2,1-2H3,(H2,15,16,17). The summed E-state index contributed by atoms with van der Waals surface area (Å²) in [7, 11) is -3.86. The average Bonchev–Trinajstić information content (AvgIpc) is 2.30. The lowest BCUT2D eigenvalue weighted by atomic mass is 10.1. The quantitative estimate of drug-likeness (QED) is 0.396. The van der Waals surface area contributed by atoms with E-state index in [1.165, 1.54) is 38.5 Å². The van der Waals surface area contributed by atoms with Gasteiger partial charge in [-0.1, -0.05) is 71.6 Å². The predicted octanol–water partition coefficient (Wildman–Crippen LogP) is 4.86. The summed E-state index contributed by atoms with van der Waals surface area (Å²) < 4.78 is 11.3. The number of rotatable bonds is 12. The average molecular weight is 278 g/mol. The van der Waals surface area contributed by atoms with Crippen LogP contribution in [0, 0.1) is 0 Å². The lowest BCUT2D eigenvalue weighted by Gasteiger charge is -2.17. The molecule has 0 heterocycles. The van der Waals surface area contributed by atoms with Crippen LogP contribution in [-0.4, -0.2) is 15.4 Å². The van der Waals surface area contributed by atoms with Gasteiger partial charge in [-0.2, -0.15) is 0 Å². The van der Waals surface area contributed by atoms with Crippen LogP contribution in [0.4, 0.5) is 0 Å². The second-order valence-corrected chi connectivity index (χ2v) is 7.20. The van der Waals surface area contributed by atoms with Crippen molar-refractivity contribution in [2.75, 3.05) is 0 Å². The van der Waals surface area contributed by atoms with Gasteiger partial charge in [0.15, 0.2) is 0 Å². The van der Waals surface area contributed by atoms with Crippen molar-refractivity contribution in [1.82, 2.24) is 0 Å². The maximum atomic E-state index is 11.3. The molecule has 3 nitrogen and oxygen atoms in total. The van der Waals surface area contributed by atoms with E-state index in [-0.39, 0.29) is 0 Å². The molecule has 0 fully saturated rings. The van der Waals surface area contributed by atoms with Gasteiger partial charge in [0.05, 0.1) is 5.66 Å². The fourth-order valence-electron chi connectivity index (χ4n) is 2.33. The third-order valence-corrected chi connectivity index (χ3v) is 4.96. The fourth-order valence-corrected chi connectivity index (χ4v) is 3.44.